The number of carbonyl (C=O) groups is 2. The van der Waals surface area contributed by atoms with Crippen LogP contribution in [0.25, 0.3) is 0 Å². The summed E-state index contributed by atoms with van der Waals surface area (Å²) in [7, 11) is 0. The molecular formula is C20H29N2O3+. The first-order valence-electron chi connectivity index (χ1n) is 9.46. The van der Waals surface area contributed by atoms with Gasteiger partial charge >= 0.3 is 0 Å². The summed E-state index contributed by atoms with van der Waals surface area (Å²) < 4.78 is 5.43. The standard InChI is InChI=1S/C20H28N2O3/c1-4-25-16-10-8-15(9-11-16)22-19(23)12-18(20(22)24)21-17-7-5-6-13(2)14(17)3/h8-11,13-14,17-18,21H,4-7,12H2,1-3H3/p+1/t13-,14-,17-,18+/m0/s1. The van der Waals surface area contributed by atoms with Crippen molar-refractivity contribution in [2.24, 2.45) is 11.8 Å². The van der Waals surface area contributed by atoms with Gasteiger partial charge in [0, 0.05) is 5.92 Å². The number of benzene rings is 1. The van der Waals surface area contributed by atoms with Crippen LogP contribution in [0.3, 0.4) is 0 Å². The van der Waals surface area contributed by atoms with Crippen molar-refractivity contribution >= 4 is 17.5 Å². The Morgan fingerprint density at radius 2 is 1.88 bits per heavy atom. The molecule has 1 aliphatic heterocycles. The number of imide groups is 1. The van der Waals surface area contributed by atoms with Gasteiger partial charge in [-0.2, -0.15) is 0 Å². The molecule has 0 radical (unpaired) electrons. The normalized spacial score (nSPS) is 30.0. The molecule has 1 aliphatic carbocycles. The Hall–Kier alpha value is -1.88. The zero-order valence-electron chi connectivity index (χ0n) is 15.4. The molecule has 3 rings (SSSR count). The molecule has 1 saturated carbocycles. The Morgan fingerprint density at radius 3 is 2.56 bits per heavy atom. The molecule has 136 valence electrons. The van der Waals surface area contributed by atoms with Gasteiger partial charge in [-0.05, 0) is 56.4 Å². The number of amides is 2. The molecule has 5 nitrogen and oxygen atoms in total. The molecule has 0 aromatic heterocycles. The second-order valence-electron chi connectivity index (χ2n) is 7.43. The Balaban J connectivity index is 1.69. The quantitative estimate of drug-likeness (QED) is 0.832. The van der Waals surface area contributed by atoms with Crippen molar-refractivity contribution in [3.05, 3.63) is 24.3 Å². The molecule has 0 bridgehead atoms. The van der Waals surface area contributed by atoms with E-state index in [1.165, 1.54) is 17.7 Å². The van der Waals surface area contributed by atoms with Gasteiger partial charge in [-0.25, -0.2) is 4.90 Å². The monoisotopic (exact) mass is 345 g/mol. The molecule has 1 aromatic carbocycles. The van der Waals surface area contributed by atoms with Gasteiger partial charge in [0.25, 0.3) is 5.91 Å². The van der Waals surface area contributed by atoms with E-state index in [1.54, 1.807) is 24.3 Å². The predicted octanol–water partition coefficient (Wildman–Crippen LogP) is 2.11. The van der Waals surface area contributed by atoms with Crippen LogP contribution in [0.4, 0.5) is 5.69 Å². The molecule has 2 N–H and O–H groups in total. The molecule has 25 heavy (non-hydrogen) atoms. The number of ether oxygens (including phenoxy) is 1. The second kappa shape index (κ2) is 7.56. The summed E-state index contributed by atoms with van der Waals surface area (Å²) in [5.41, 5.74) is 0.638. The van der Waals surface area contributed by atoms with Crippen molar-refractivity contribution in [3.8, 4) is 5.75 Å². The highest BCUT2D eigenvalue weighted by Gasteiger charge is 2.44. The summed E-state index contributed by atoms with van der Waals surface area (Å²) in [6.45, 7) is 7.08. The highest BCUT2D eigenvalue weighted by molar-refractivity contribution is 6.21. The summed E-state index contributed by atoms with van der Waals surface area (Å²) in [4.78, 5) is 26.6. The van der Waals surface area contributed by atoms with Crippen LogP contribution in [0.5, 0.6) is 5.75 Å². The van der Waals surface area contributed by atoms with E-state index in [0.29, 0.717) is 36.6 Å². The van der Waals surface area contributed by atoms with E-state index in [4.69, 9.17) is 4.74 Å². The van der Waals surface area contributed by atoms with Crippen molar-refractivity contribution in [2.45, 2.75) is 58.5 Å². The topological polar surface area (TPSA) is 63.2 Å². The van der Waals surface area contributed by atoms with Crippen molar-refractivity contribution in [1.29, 1.82) is 0 Å². The van der Waals surface area contributed by atoms with Gasteiger partial charge in [-0.1, -0.05) is 13.8 Å². The summed E-state index contributed by atoms with van der Waals surface area (Å²) in [5.74, 6) is 1.82. The Kier molecular flexibility index (Phi) is 5.42. The van der Waals surface area contributed by atoms with Crippen LogP contribution in [0.15, 0.2) is 24.3 Å². The van der Waals surface area contributed by atoms with E-state index in [9.17, 15) is 9.59 Å². The summed E-state index contributed by atoms with van der Waals surface area (Å²) in [6.07, 6.45) is 3.90. The maximum absolute atomic E-state index is 12.8. The van der Waals surface area contributed by atoms with Crippen LogP contribution >= 0.6 is 0 Å². The van der Waals surface area contributed by atoms with Gasteiger partial charge in [0.2, 0.25) is 5.91 Å². The van der Waals surface area contributed by atoms with Crippen molar-refractivity contribution in [2.75, 3.05) is 11.5 Å². The summed E-state index contributed by atoms with van der Waals surface area (Å²) >= 11 is 0. The molecular weight excluding hydrogens is 316 g/mol. The number of rotatable bonds is 5. The van der Waals surface area contributed by atoms with Gasteiger partial charge in [-0.15, -0.1) is 0 Å². The van der Waals surface area contributed by atoms with E-state index in [1.807, 2.05) is 6.92 Å². The Morgan fingerprint density at radius 1 is 1.16 bits per heavy atom. The lowest BCUT2D eigenvalue weighted by atomic mass is 9.78. The van der Waals surface area contributed by atoms with Crippen molar-refractivity contribution in [3.63, 3.8) is 0 Å². The van der Waals surface area contributed by atoms with Gasteiger partial charge in [0.15, 0.2) is 6.04 Å². The van der Waals surface area contributed by atoms with Crippen LogP contribution in [0.2, 0.25) is 0 Å². The molecule has 2 fully saturated rings. The lowest BCUT2D eigenvalue weighted by Gasteiger charge is -2.33. The van der Waals surface area contributed by atoms with E-state index in [0.717, 1.165) is 12.2 Å². The van der Waals surface area contributed by atoms with Crippen LogP contribution in [0.1, 0.15) is 46.5 Å². The molecule has 2 aliphatic rings. The Labute approximate surface area is 149 Å². The average molecular weight is 345 g/mol. The van der Waals surface area contributed by atoms with Gasteiger partial charge in [0.1, 0.15) is 5.75 Å². The summed E-state index contributed by atoms with van der Waals surface area (Å²) in [6, 6.07) is 7.34. The first kappa shape index (κ1) is 17.9. The SMILES string of the molecule is CCOc1ccc(N2C(=O)C[C@@H]([NH2+][C@H]3CCC[C@H](C)[C@@H]3C)C2=O)cc1. The lowest BCUT2D eigenvalue weighted by Crippen LogP contribution is -2.97. The maximum atomic E-state index is 12.8. The van der Waals surface area contributed by atoms with Gasteiger partial charge in [-0.3, -0.25) is 9.59 Å². The van der Waals surface area contributed by atoms with Crippen LogP contribution < -0.4 is 15.0 Å². The molecule has 4 atom stereocenters. The highest BCUT2D eigenvalue weighted by atomic mass is 16.5. The highest BCUT2D eigenvalue weighted by Crippen LogP contribution is 2.29. The zero-order valence-corrected chi connectivity index (χ0v) is 15.4. The van der Waals surface area contributed by atoms with E-state index in [-0.39, 0.29) is 17.9 Å². The van der Waals surface area contributed by atoms with Crippen LogP contribution in [-0.2, 0) is 9.59 Å². The van der Waals surface area contributed by atoms with Crippen molar-refractivity contribution < 1.29 is 19.6 Å². The number of nitrogens with two attached hydrogens (primary N) is 1. The molecule has 1 saturated heterocycles. The van der Waals surface area contributed by atoms with E-state index < -0.39 is 0 Å². The van der Waals surface area contributed by atoms with E-state index in [2.05, 4.69) is 19.2 Å². The third kappa shape index (κ3) is 3.71. The number of anilines is 1. The first-order chi connectivity index (χ1) is 12.0. The molecule has 2 amide bonds. The maximum Gasteiger partial charge on any atom is 0.292 e. The molecule has 5 heteroatoms. The van der Waals surface area contributed by atoms with Crippen molar-refractivity contribution in [1.82, 2.24) is 0 Å². The minimum absolute atomic E-state index is 0.0837. The van der Waals surface area contributed by atoms with E-state index >= 15 is 0 Å². The number of nitrogens with zero attached hydrogens (tertiary/aromatic N) is 1. The molecule has 0 spiro atoms. The third-order valence-electron chi connectivity index (χ3n) is 5.84. The minimum Gasteiger partial charge on any atom is -0.494 e. The fourth-order valence-corrected chi connectivity index (χ4v) is 4.13. The molecule has 1 aromatic rings. The summed E-state index contributed by atoms with van der Waals surface area (Å²) in [5, 5.41) is 2.16. The zero-order chi connectivity index (χ0) is 18.0. The fraction of sp³-hybridized carbons (Fsp3) is 0.600. The van der Waals surface area contributed by atoms with Crippen LogP contribution in [-0.4, -0.2) is 30.5 Å². The third-order valence-corrected chi connectivity index (χ3v) is 5.84. The lowest BCUT2D eigenvalue weighted by molar-refractivity contribution is -0.716. The minimum atomic E-state index is -0.281. The Bertz CT molecular complexity index is 628. The average Bonchev–Trinajstić information content (AvgIpc) is 2.87. The smallest absolute Gasteiger partial charge is 0.292 e. The van der Waals surface area contributed by atoms with Gasteiger partial charge < -0.3 is 10.1 Å². The second-order valence-corrected chi connectivity index (χ2v) is 7.43. The number of carbonyl (C=O) groups excluding carboxylic acids is 2. The van der Waals surface area contributed by atoms with Gasteiger partial charge in [0.05, 0.1) is 24.8 Å². The largest absolute Gasteiger partial charge is 0.494 e. The number of quaternary nitrogens is 1. The molecule has 0 unspecified atom stereocenters. The number of hydrogen-bond donors (Lipinski definition) is 1. The van der Waals surface area contributed by atoms with Crippen LogP contribution in [0, 0.1) is 11.8 Å². The molecule has 1 heterocycles. The number of hydrogen-bond acceptors (Lipinski definition) is 3. The first-order valence-corrected chi connectivity index (χ1v) is 9.46. The predicted molar refractivity (Wildman–Crippen MR) is 96.4 cm³/mol. The fourth-order valence-electron chi connectivity index (χ4n) is 4.13.